The molecule has 0 heterocycles. The lowest BCUT2D eigenvalue weighted by Gasteiger charge is -2.13. The van der Waals surface area contributed by atoms with Crippen LogP contribution in [0.15, 0.2) is 0 Å². The Morgan fingerprint density at radius 3 is 2.29 bits per heavy atom. The topological polar surface area (TPSA) is 55.4 Å². The van der Waals surface area contributed by atoms with Crippen LogP contribution < -0.4 is 5.48 Å². The molecule has 0 aromatic rings. The van der Waals surface area contributed by atoms with Gasteiger partial charge in [0, 0.05) is 12.3 Å². The summed E-state index contributed by atoms with van der Waals surface area (Å²) in [5.41, 5.74) is 2.00. The molecule has 4 nitrogen and oxygen atoms in total. The van der Waals surface area contributed by atoms with Crippen LogP contribution in [0.5, 0.6) is 0 Å². The number of hydrogen-bond acceptors (Lipinski definition) is 4. The zero-order valence-corrected chi connectivity index (χ0v) is 8.57. The molecule has 1 unspecified atom stereocenters. The number of sulfone groups is 1. The van der Waals surface area contributed by atoms with Gasteiger partial charge in [-0.2, -0.15) is 18.7 Å². The van der Waals surface area contributed by atoms with Crippen molar-refractivity contribution in [3.8, 4) is 0 Å². The van der Waals surface area contributed by atoms with Crippen molar-refractivity contribution in [2.75, 3.05) is 18.6 Å². The van der Waals surface area contributed by atoms with Crippen molar-refractivity contribution in [2.45, 2.75) is 19.1 Å². The van der Waals surface area contributed by atoms with Crippen LogP contribution in [-0.4, -0.2) is 39.3 Å². The smallest absolute Gasteiger partial charge is 0.292 e. The minimum absolute atomic E-state index is 0.273. The van der Waals surface area contributed by atoms with Gasteiger partial charge in [-0.3, -0.25) is 4.84 Å². The number of hydroxylamine groups is 1. The van der Waals surface area contributed by atoms with Crippen molar-refractivity contribution in [3.05, 3.63) is 0 Å². The van der Waals surface area contributed by atoms with Gasteiger partial charge in [0.15, 0.2) is 6.61 Å². The normalized spacial score (nSPS) is 15.5. The van der Waals surface area contributed by atoms with Gasteiger partial charge in [-0.15, -0.1) is 0 Å². The highest BCUT2D eigenvalue weighted by molar-refractivity contribution is 7.90. The number of nitrogens with one attached hydrogen (secondary N) is 1. The molecule has 0 bridgehead atoms. The van der Waals surface area contributed by atoms with Crippen LogP contribution in [-0.2, 0) is 14.7 Å². The lowest BCUT2D eigenvalue weighted by Crippen LogP contribution is -2.35. The molecule has 0 saturated carbocycles. The molecule has 1 atom stereocenters. The Morgan fingerprint density at radius 2 is 1.93 bits per heavy atom. The van der Waals surface area contributed by atoms with Crippen LogP contribution >= 0.6 is 0 Å². The van der Waals surface area contributed by atoms with Crippen LogP contribution in [0.25, 0.3) is 0 Å². The Balaban J connectivity index is 3.71. The van der Waals surface area contributed by atoms with Gasteiger partial charge in [-0.05, 0) is 6.92 Å². The number of rotatable bonds is 5. The molecule has 0 saturated heterocycles. The molecular weight excluding hydrogens is 223 g/mol. The minimum atomic E-state index is -4.42. The zero-order chi connectivity index (χ0) is 11.4. The molecular formula is C6H12F3NO3S. The molecule has 0 aliphatic carbocycles. The first-order chi connectivity index (χ1) is 6.10. The van der Waals surface area contributed by atoms with E-state index in [1.54, 1.807) is 0 Å². The molecule has 0 spiro atoms. The third kappa shape index (κ3) is 9.75. The van der Waals surface area contributed by atoms with Crippen LogP contribution in [0.1, 0.15) is 6.92 Å². The molecule has 0 aromatic heterocycles. The summed E-state index contributed by atoms with van der Waals surface area (Å²) in [7, 11) is -3.21. The summed E-state index contributed by atoms with van der Waals surface area (Å²) < 4.78 is 56.0. The fourth-order valence-electron chi connectivity index (χ4n) is 0.754. The van der Waals surface area contributed by atoms with Crippen molar-refractivity contribution >= 4 is 9.84 Å². The molecule has 1 N–H and O–H groups in total. The van der Waals surface area contributed by atoms with Crippen LogP contribution in [0.4, 0.5) is 13.2 Å². The average Bonchev–Trinajstić information content (AvgIpc) is 1.78. The lowest BCUT2D eigenvalue weighted by atomic mass is 10.4. The summed E-state index contributed by atoms with van der Waals surface area (Å²) in [6, 6.07) is -0.674. The zero-order valence-electron chi connectivity index (χ0n) is 7.76. The van der Waals surface area contributed by atoms with Gasteiger partial charge < -0.3 is 0 Å². The quantitative estimate of drug-likeness (QED) is 0.705. The highest BCUT2D eigenvalue weighted by atomic mass is 32.2. The molecule has 0 fully saturated rings. The second-order valence-electron chi connectivity index (χ2n) is 3.02. The van der Waals surface area contributed by atoms with E-state index in [0.717, 1.165) is 6.26 Å². The van der Waals surface area contributed by atoms with Crippen molar-refractivity contribution in [1.82, 2.24) is 5.48 Å². The summed E-state index contributed by atoms with van der Waals surface area (Å²) in [5, 5.41) is 0. The number of halogens is 3. The Labute approximate surface area is 80.3 Å². The van der Waals surface area contributed by atoms with E-state index in [2.05, 4.69) is 4.84 Å². The van der Waals surface area contributed by atoms with Crippen LogP contribution in [0.2, 0.25) is 0 Å². The van der Waals surface area contributed by atoms with Crippen molar-refractivity contribution in [2.24, 2.45) is 0 Å². The van der Waals surface area contributed by atoms with Crippen molar-refractivity contribution in [3.63, 3.8) is 0 Å². The molecule has 0 radical (unpaired) electrons. The van der Waals surface area contributed by atoms with Crippen LogP contribution in [0.3, 0.4) is 0 Å². The average molecular weight is 235 g/mol. The van der Waals surface area contributed by atoms with E-state index >= 15 is 0 Å². The van der Waals surface area contributed by atoms with Crippen molar-refractivity contribution < 1.29 is 26.4 Å². The SMILES string of the molecule is CC(CS(C)(=O)=O)NOCC(F)(F)F. The summed E-state index contributed by atoms with van der Waals surface area (Å²) in [5.74, 6) is -0.273. The standard InChI is InChI=1S/C6H12F3NO3S/c1-5(3-14(2,11)12)10-13-4-6(7,8)9/h5,10H,3-4H2,1-2H3. The maximum atomic E-state index is 11.6. The van der Waals surface area contributed by atoms with Crippen LogP contribution in [0, 0.1) is 0 Å². The maximum absolute atomic E-state index is 11.6. The maximum Gasteiger partial charge on any atom is 0.413 e. The predicted octanol–water partition coefficient (Wildman–Crippen LogP) is 0.503. The first kappa shape index (κ1) is 13.7. The van der Waals surface area contributed by atoms with E-state index < -0.39 is 28.7 Å². The summed E-state index contributed by atoms with van der Waals surface area (Å²) in [6.45, 7) is -0.0292. The molecule has 0 aromatic carbocycles. The minimum Gasteiger partial charge on any atom is -0.292 e. The van der Waals surface area contributed by atoms with E-state index in [0.29, 0.717) is 0 Å². The highest BCUT2D eigenvalue weighted by Gasteiger charge is 2.28. The van der Waals surface area contributed by atoms with Gasteiger partial charge in [0.1, 0.15) is 9.84 Å². The summed E-state index contributed by atoms with van der Waals surface area (Å²) in [4.78, 5) is 4.07. The summed E-state index contributed by atoms with van der Waals surface area (Å²) >= 11 is 0. The molecule has 86 valence electrons. The Hall–Kier alpha value is -0.340. The van der Waals surface area contributed by atoms with Crippen molar-refractivity contribution in [1.29, 1.82) is 0 Å². The molecule has 0 amide bonds. The fraction of sp³-hybridized carbons (Fsp3) is 1.00. The first-order valence-corrected chi connectivity index (χ1v) is 5.78. The Bertz CT molecular complexity index is 262. The van der Waals surface area contributed by atoms with Gasteiger partial charge in [0.2, 0.25) is 0 Å². The molecule has 14 heavy (non-hydrogen) atoms. The summed E-state index contributed by atoms with van der Waals surface area (Å²) in [6.07, 6.45) is -3.42. The monoisotopic (exact) mass is 235 g/mol. The second kappa shape index (κ2) is 4.94. The van der Waals surface area contributed by atoms with Gasteiger partial charge in [0.05, 0.1) is 5.75 Å². The molecule has 8 heteroatoms. The lowest BCUT2D eigenvalue weighted by molar-refractivity contribution is -0.191. The molecule has 0 aliphatic heterocycles. The highest BCUT2D eigenvalue weighted by Crippen LogP contribution is 2.13. The largest absolute Gasteiger partial charge is 0.413 e. The fourth-order valence-corrected chi connectivity index (χ4v) is 1.73. The van der Waals surface area contributed by atoms with E-state index in [1.165, 1.54) is 6.92 Å². The molecule has 0 aliphatic rings. The first-order valence-electron chi connectivity index (χ1n) is 3.72. The Kier molecular flexibility index (Phi) is 4.82. The number of alkyl halides is 3. The number of hydrogen-bond donors (Lipinski definition) is 1. The predicted molar refractivity (Wildman–Crippen MR) is 44.3 cm³/mol. The van der Waals surface area contributed by atoms with E-state index in [4.69, 9.17) is 0 Å². The van der Waals surface area contributed by atoms with Gasteiger partial charge >= 0.3 is 6.18 Å². The van der Waals surface area contributed by atoms with E-state index in [1.807, 2.05) is 5.48 Å². The van der Waals surface area contributed by atoms with Gasteiger partial charge in [-0.25, -0.2) is 8.42 Å². The van der Waals surface area contributed by atoms with E-state index in [-0.39, 0.29) is 5.75 Å². The third-order valence-electron chi connectivity index (χ3n) is 1.07. The van der Waals surface area contributed by atoms with Gasteiger partial charge in [0.25, 0.3) is 0 Å². The van der Waals surface area contributed by atoms with E-state index in [9.17, 15) is 21.6 Å². The third-order valence-corrected chi connectivity index (χ3v) is 2.18. The second-order valence-corrected chi connectivity index (χ2v) is 5.20. The van der Waals surface area contributed by atoms with Gasteiger partial charge in [-0.1, -0.05) is 0 Å². The molecule has 0 rings (SSSR count). The Morgan fingerprint density at radius 1 is 1.43 bits per heavy atom.